The van der Waals surface area contributed by atoms with Crippen molar-refractivity contribution in [2.75, 3.05) is 7.11 Å². The van der Waals surface area contributed by atoms with Gasteiger partial charge >= 0.3 is 0 Å². The lowest BCUT2D eigenvalue weighted by molar-refractivity contribution is 0.240. The maximum absolute atomic E-state index is 5.84. The van der Waals surface area contributed by atoms with Crippen LogP contribution in [0.4, 0.5) is 0 Å². The van der Waals surface area contributed by atoms with Gasteiger partial charge in [0, 0.05) is 18.5 Å². The SMILES string of the molecule is COc1cc(CN[C@@H](C)C2CCC2)cc2nc(C(C)C)oc12. The van der Waals surface area contributed by atoms with Gasteiger partial charge in [0.2, 0.25) is 0 Å². The van der Waals surface area contributed by atoms with Crippen LogP contribution in [0.1, 0.15) is 57.4 Å². The van der Waals surface area contributed by atoms with Gasteiger partial charge in [0.1, 0.15) is 5.52 Å². The summed E-state index contributed by atoms with van der Waals surface area (Å²) in [4.78, 5) is 4.60. The van der Waals surface area contributed by atoms with E-state index in [0.717, 1.165) is 35.2 Å². The topological polar surface area (TPSA) is 47.3 Å². The normalized spacial score (nSPS) is 17.0. The van der Waals surface area contributed by atoms with Crippen molar-refractivity contribution in [2.45, 2.75) is 58.5 Å². The fraction of sp³-hybridized carbons (Fsp3) is 0.611. The van der Waals surface area contributed by atoms with Gasteiger partial charge in [-0.05, 0) is 43.4 Å². The maximum atomic E-state index is 5.84. The van der Waals surface area contributed by atoms with Crippen LogP contribution in [0.15, 0.2) is 16.5 Å². The van der Waals surface area contributed by atoms with Gasteiger partial charge in [0.25, 0.3) is 0 Å². The van der Waals surface area contributed by atoms with Crippen molar-refractivity contribution >= 4 is 11.1 Å². The monoisotopic (exact) mass is 302 g/mol. The quantitative estimate of drug-likeness (QED) is 0.867. The zero-order chi connectivity index (χ0) is 15.7. The van der Waals surface area contributed by atoms with Crippen molar-refractivity contribution < 1.29 is 9.15 Å². The van der Waals surface area contributed by atoms with Crippen molar-refractivity contribution in [2.24, 2.45) is 5.92 Å². The molecular weight excluding hydrogens is 276 g/mol. The molecule has 1 fully saturated rings. The van der Waals surface area contributed by atoms with E-state index in [9.17, 15) is 0 Å². The highest BCUT2D eigenvalue weighted by Gasteiger charge is 2.23. The first kappa shape index (κ1) is 15.3. The third-order valence-corrected chi connectivity index (χ3v) is 4.73. The maximum Gasteiger partial charge on any atom is 0.198 e. The molecule has 22 heavy (non-hydrogen) atoms. The molecule has 1 aliphatic rings. The molecule has 0 aliphatic heterocycles. The number of methoxy groups -OCH3 is 1. The number of hydrogen-bond donors (Lipinski definition) is 1. The van der Waals surface area contributed by atoms with E-state index in [1.807, 2.05) is 0 Å². The summed E-state index contributed by atoms with van der Waals surface area (Å²) in [6.07, 6.45) is 4.10. The average Bonchev–Trinajstić information content (AvgIpc) is 2.86. The van der Waals surface area contributed by atoms with E-state index >= 15 is 0 Å². The standard InChI is InChI=1S/C18H26N2O2/c1-11(2)18-20-15-8-13(9-16(21-4)17(15)22-18)10-19-12(3)14-6-5-7-14/h8-9,11-12,14,19H,5-7,10H2,1-4H3/t12-/m0/s1. The summed E-state index contributed by atoms with van der Waals surface area (Å²) in [6.45, 7) is 7.29. The van der Waals surface area contributed by atoms with Gasteiger partial charge in [-0.2, -0.15) is 0 Å². The third kappa shape index (κ3) is 2.98. The van der Waals surface area contributed by atoms with Crippen LogP contribution in [0.2, 0.25) is 0 Å². The lowest BCUT2D eigenvalue weighted by Crippen LogP contribution is -2.36. The highest BCUT2D eigenvalue weighted by Crippen LogP contribution is 2.32. The Morgan fingerprint density at radius 3 is 2.68 bits per heavy atom. The van der Waals surface area contributed by atoms with E-state index in [-0.39, 0.29) is 5.92 Å². The molecule has 4 nitrogen and oxygen atoms in total. The van der Waals surface area contributed by atoms with Crippen LogP contribution in [0.3, 0.4) is 0 Å². The molecule has 2 aromatic rings. The van der Waals surface area contributed by atoms with Gasteiger partial charge in [0.15, 0.2) is 17.2 Å². The summed E-state index contributed by atoms with van der Waals surface area (Å²) in [5, 5.41) is 3.63. The van der Waals surface area contributed by atoms with Crippen molar-refractivity contribution in [3.63, 3.8) is 0 Å². The molecule has 0 amide bonds. The van der Waals surface area contributed by atoms with Gasteiger partial charge in [-0.1, -0.05) is 20.3 Å². The molecule has 0 bridgehead atoms. The predicted octanol–water partition coefficient (Wildman–Crippen LogP) is 4.24. The molecule has 1 atom stereocenters. The molecule has 1 aromatic carbocycles. The van der Waals surface area contributed by atoms with E-state index in [0.29, 0.717) is 6.04 Å². The Balaban J connectivity index is 1.80. The Bertz CT molecular complexity index is 644. The highest BCUT2D eigenvalue weighted by atomic mass is 16.5. The number of hydrogen-bond acceptors (Lipinski definition) is 4. The number of aromatic nitrogens is 1. The van der Waals surface area contributed by atoms with Crippen LogP contribution < -0.4 is 10.1 Å². The minimum absolute atomic E-state index is 0.275. The van der Waals surface area contributed by atoms with Crippen LogP contribution in [0.5, 0.6) is 5.75 Å². The first-order valence-electron chi connectivity index (χ1n) is 8.29. The molecule has 4 heteroatoms. The number of ether oxygens (including phenoxy) is 1. The Morgan fingerprint density at radius 1 is 1.32 bits per heavy atom. The summed E-state index contributed by atoms with van der Waals surface area (Å²) in [5.74, 6) is 2.65. The van der Waals surface area contributed by atoms with E-state index in [4.69, 9.17) is 9.15 Å². The van der Waals surface area contributed by atoms with E-state index in [2.05, 4.69) is 43.2 Å². The van der Waals surface area contributed by atoms with E-state index in [1.54, 1.807) is 7.11 Å². The number of nitrogens with one attached hydrogen (secondary N) is 1. The summed E-state index contributed by atoms with van der Waals surface area (Å²) in [6, 6.07) is 4.73. The largest absolute Gasteiger partial charge is 0.493 e. The zero-order valence-electron chi connectivity index (χ0n) is 14.0. The van der Waals surface area contributed by atoms with Crippen LogP contribution in [0, 0.1) is 5.92 Å². The van der Waals surface area contributed by atoms with Crippen LogP contribution in [0.25, 0.3) is 11.1 Å². The van der Waals surface area contributed by atoms with E-state index < -0.39 is 0 Å². The Kier molecular flexibility index (Phi) is 4.39. The van der Waals surface area contributed by atoms with Crippen molar-refractivity contribution in [1.29, 1.82) is 0 Å². The minimum Gasteiger partial charge on any atom is -0.493 e. The summed E-state index contributed by atoms with van der Waals surface area (Å²) in [5.41, 5.74) is 2.83. The molecule has 3 rings (SSSR count). The summed E-state index contributed by atoms with van der Waals surface area (Å²) < 4.78 is 11.3. The lowest BCUT2D eigenvalue weighted by atomic mass is 9.80. The Hall–Kier alpha value is -1.55. The molecule has 0 spiro atoms. The van der Waals surface area contributed by atoms with Crippen molar-refractivity contribution in [3.05, 3.63) is 23.6 Å². The predicted molar refractivity (Wildman–Crippen MR) is 88.3 cm³/mol. The Morgan fingerprint density at radius 2 is 2.09 bits per heavy atom. The van der Waals surface area contributed by atoms with Crippen LogP contribution in [-0.4, -0.2) is 18.1 Å². The number of oxazole rings is 1. The van der Waals surface area contributed by atoms with E-state index in [1.165, 1.54) is 24.8 Å². The third-order valence-electron chi connectivity index (χ3n) is 4.73. The molecule has 1 saturated carbocycles. The van der Waals surface area contributed by atoms with Gasteiger partial charge in [-0.15, -0.1) is 0 Å². The molecule has 1 aliphatic carbocycles. The molecule has 0 unspecified atom stereocenters. The van der Waals surface area contributed by atoms with Crippen LogP contribution >= 0.6 is 0 Å². The summed E-state index contributed by atoms with van der Waals surface area (Å²) >= 11 is 0. The Labute approximate surface area is 132 Å². The molecule has 0 saturated heterocycles. The second-order valence-corrected chi connectivity index (χ2v) is 6.71. The number of benzene rings is 1. The van der Waals surface area contributed by atoms with Gasteiger partial charge in [-0.25, -0.2) is 4.98 Å². The van der Waals surface area contributed by atoms with Gasteiger partial charge in [0.05, 0.1) is 7.11 Å². The zero-order valence-corrected chi connectivity index (χ0v) is 14.0. The average molecular weight is 302 g/mol. The smallest absolute Gasteiger partial charge is 0.198 e. The minimum atomic E-state index is 0.275. The van der Waals surface area contributed by atoms with Crippen molar-refractivity contribution in [1.82, 2.24) is 10.3 Å². The number of fused-ring (bicyclic) bond motifs is 1. The molecule has 1 aromatic heterocycles. The van der Waals surface area contributed by atoms with Crippen molar-refractivity contribution in [3.8, 4) is 5.75 Å². The molecule has 1 N–H and O–H groups in total. The fourth-order valence-corrected chi connectivity index (χ4v) is 2.96. The van der Waals surface area contributed by atoms with Crippen LogP contribution in [-0.2, 0) is 6.54 Å². The highest BCUT2D eigenvalue weighted by molar-refractivity contribution is 5.80. The van der Waals surface area contributed by atoms with Gasteiger partial charge < -0.3 is 14.5 Å². The fourth-order valence-electron chi connectivity index (χ4n) is 2.96. The van der Waals surface area contributed by atoms with Gasteiger partial charge in [-0.3, -0.25) is 0 Å². The summed E-state index contributed by atoms with van der Waals surface area (Å²) in [7, 11) is 1.68. The first-order valence-corrected chi connectivity index (χ1v) is 8.29. The lowest BCUT2D eigenvalue weighted by Gasteiger charge is -2.32. The number of rotatable bonds is 6. The molecule has 120 valence electrons. The second-order valence-electron chi connectivity index (χ2n) is 6.71. The molecule has 0 radical (unpaired) electrons. The second kappa shape index (κ2) is 6.29. The number of nitrogens with zero attached hydrogens (tertiary/aromatic N) is 1. The first-order chi connectivity index (χ1) is 10.6. The molecule has 1 heterocycles. The molecular formula is C18H26N2O2.